The molecule has 188 valence electrons. The monoisotopic (exact) mass is 508 g/mol. The van der Waals surface area contributed by atoms with Crippen LogP contribution in [0.25, 0.3) is 11.7 Å². The molecule has 4 aromatic rings. The van der Waals surface area contributed by atoms with Gasteiger partial charge in [-0.15, -0.1) is 0 Å². The van der Waals surface area contributed by atoms with Gasteiger partial charge in [0.05, 0.1) is 21.8 Å². The third kappa shape index (κ3) is 5.36. The number of pyridine rings is 1. The van der Waals surface area contributed by atoms with Crippen LogP contribution in [0.1, 0.15) is 42.0 Å². The van der Waals surface area contributed by atoms with E-state index in [1.165, 1.54) is 22.9 Å². The van der Waals surface area contributed by atoms with Crippen molar-refractivity contribution >= 4 is 29.4 Å². The van der Waals surface area contributed by atoms with Crippen molar-refractivity contribution in [1.29, 1.82) is 0 Å². The molecule has 2 aromatic carbocycles. The summed E-state index contributed by atoms with van der Waals surface area (Å²) in [6.45, 7) is 4.02. The maximum atomic E-state index is 13.0. The summed E-state index contributed by atoms with van der Waals surface area (Å²) in [6.07, 6.45) is 7.15. The summed E-state index contributed by atoms with van der Waals surface area (Å²) < 4.78 is 2.09. The van der Waals surface area contributed by atoms with Crippen LogP contribution in [-0.4, -0.2) is 46.4 Å². The average molecular weight is 509 g/mol. The first-order chi connectivity index (χ1) is 18.2. The Hall–Kier alpha value is -3.35. The van der Waals surface area contributed by atoms with Crippen LogP contribution in [0.4, 0.5) is 0 Å². The van der Waals surface area contributed by atoms with Crippen molar-refractivity contribution in [3.8, 4) is 0 Å². The van der Waals surface area contributed by atoms with Gasteiger partial charge in [0.25, 0.3) is 5.91 Å². The lowest BCUT2D eigenvalue weighted by Gasteiger charge is -2.33. The Morgan fingerprint density at radius 3 is 2.35 bits per heavy atom. The Bertz CT molecular complexity index is 1350. The minimum absolute atomic E-state index is 0.0189. The number of thioether (sulfide) groups is 1. The van der Waals surface area contributed by atoms with Crippen LogP contribution >= 0.6 is 11.8 Å². The molecule has 1 N–H and O–H groups in total. The number of rotatable bonds is 8. The zero-order valence-corrected chi connectivity index (χ0v) is 21.7. The number of benzene rings is 2. The van der Waals surface area contributed by atoms with E-state index >= 15 is 0 Å². The number of nitrogens with zero attached hydrogens (tertiary/aromatic N) is 3. The first-order valence-electron chi connectivity index (χ1n) is 13.2. The Kier molecular flexibility index (Phi) is 7.11. The zero-order chi connectivity index (χ0) is 25.0. The van der Waals surface area contributed by atoms with Gasteiger partial charge in [0, 0.05) is 12.5 Å². The molecule has 6 rings (SSSR count). The number of imidazole rings is 1. The van der Waals surface area contributed by atoms with Crippen molar-refractivity contribution < 1.29 is 4.79 Å². The smallest absolute Gasteiger partial charge is 0.258 e. The van der Waals surface area contributed by atoms with Crippen molar-refractivity contribution in [3.05, 3.63) is 107 Å². The zero-order valence-electron chi connectivity index (χ0n) is 20.9. The number of amides is 1. The average Bonchev–Trinajstić information content (AvgIpc) is 3.38. The Morgan fingerprint density at radius 2 is 1.65 bits per heavy atom. The molecular weight excluding hydrogens is 476 g/mol. The fourth-order valence-electron chi connectivity index (χ4n) is 5.55. The molecule has 0 saturated carbocycles. The number of nitrogens with one attached hydrogen (secondary N) is 1. The van der Waals surface area contributed by atoms with Crippen LogP contribution in [0.5, 0.6) is 0 Å². The van der Waals surface area contributed by atoms with Crippen LogP contribution in [0, 0.1) is 5.92 Å². The molecule has 2 aliphatic heterocycles. The minimum atomic E-state index is 0.0189. The van der Waals surface area contributed by atoms with Gasteiger partial charge in [-0.25, -0.2) is 4.98 Å². The lowest BCUT2D eigenvalue weighted by Crippen LogP contribution is -2.39. The number of hydrogen-bond acceptors (Lipinski definition) is 4. The molecule has 0 atom stereocenters. The second-order valence-corrected chi connectivity index (χ2v) is 11.1. The molecule has 37 heavy (non-hydrogen) atoms. The maximum Gasteiger partial charge on any atom is 0.258 e. The second kappa shape index (κ2) is 11.0. The van der Waals surface area contributed by atoms with Crippen molar-refractivity contribution in [2.24, 2.45) is 5.92 Å². The molecule has 0 aliphatic carbocycles. The van der Waals surface area contributed by atoms with Crippen molar-refractivity contribution in [2.45, 2.75) is 30.2 Å². The first kappa shape index (κ1) is 24.0. The number of carbonyl (C=O) groups excluding carboxylic acids is 1. The number of hydrogen-bond donors (Lipinski definition) is 1. The van der Waals surface area contributed by atoms with Crippen molar-refractivity contribution in [3.63, 3.8) is 0 Å². The summed E-state index contributed by atoms with van der Waals surface area (Å²) in [4.78, 5) is 20.7. The van der Waals surface area contributed by atoms with Gasteiger partial charge < -0.3 is 10.2 Å². The van der Waals surface area contributed by atoms with Gasteiger partial charge in [0.1, 0.15) is 5.65 Å². The fourth-order valence-corrected chi connectivity index (χ4v) is 6.55. The van der Waals surface area contributed by atoms with E-state index in [0.29, 0.717) is 11.8 Å². The molecule has 0 radical (unpaired) electrons. The van der Waals surface area contributed by atoms with Gasteiger partial charge >= 0.3 is 0 Å². The molecule has 5 nitrogen and oxygen atoms in total. The van der Waals surface area contributed by atoms with Crippen LogP contribution in [-0.2, 0) is 4.79 Å². The lowest BCUT2D eigenvalue weighted by atomic mass is 9.88. The van der Waals surface area contributed by atoms with E-state index in [-0.39, 0.29) is 5.91 Å². The predicted molar refractivity (Wildman–Crippen MR) is 151 cm³/mol. The van der Waals surface area contributed by atoms with E-state index in [9.17, 15) is 4.79 Å². The molecule has 1 fully saturated rings. The summed E-state index contributed by atoms with van der Waals surface area (Å²) in [5.74, 6) is 0.968. The fraction of sp³-hybridized carbons (Fsp3) is 0.290. The highest BCUT2D eigenvalue weighted by Gasteiger charge is 2.24. The summed E-state index contributed by atoms with van der Waals surface area (Å²) >= 11 is 1.52. The van der Waals surface area contributed by atoms with Gasteiger partial charge in [-0.3, -0.25) is 9.20 Å². The summed E-state index contributed by atoms with van der Waals surface area (Å²) in [6, 6.07) is 27.8. The van der Waals surface area contributed by atoms with Crippen molar-refractivity contribution in [2.75, 3.05) is 26.2 Å². The number of piperidine rings is 1. The third-order valence-corrected chi connectivity index (χ3v) is 8.69. The molecule has 4 heterocycles. The van der Waals surface area contributed by atoms with E-state index in [2.05, 4.69) is 80.3 Å². The standard InChI is InChI=1S/C31H32N4OS/c36-31(28-20-26-22-32-29-12-7-13-30(37-28)35(26)29)33-21-23-14-17-34(18-15-23)19-16-27(24-8-3-1-4-9-24)25-10-5-2-6-11-25/h1-13,20,22-23,27H,14-19,21H2,(H,33,36). The normalized spacial score (nSPS) is 16.2. The van der Waals surface area contributed by atoms with Crippen LogP contribution < -0.4 is 5.32 Å². The summed E-state index contributed by atoms with van der Waals surface area (Å²) in [7, 11) is 0. The number of aromatic nitrogens is 2. The van der Waals surface area contributed by atoms with Crippen molar-refractivity contribution in [1.82, 2.24) is 19.6 Å². The Labute approximate surface area is 222 Å². The van der Waals surface area contributed by atoms with E-state index in [0.717, 1.165) is 66.7 Å². The van der Waals surface area contributed by atoms with Gasteiger partial charge in [0.2, 0.25) is 0 Å². The van der Waals surface area contributed by atoms with E-state index in [4.69, 9.17) is 0 Å². The number of carbonyl (C=O) groups is 1. The third-order valence-electron chi connectivity index (χ3n) is 7.63. The van der Waals surface area contributed by atoms with Gasteiger partial charge in [-0.1, -0.05) is 78.5 Å². The quantitative estimate of drug-likeness (QED) is 0.325. The maximum absolute atomic E-state index is 13.0. The molecular formula is C31H32N4OS. The molecule has 2 aromatic heterocycles. The van der Waals surface area contributed by atoms with Gasteiger partial charge in [-0.05, 0) is 74.2 Å². The predicted octanol–water partition coefficient (Wildman–Crippen LogP) is 5.83. The SMILES string of the molecule is O=C(NCC1CCN(CCC(c2ccccc2)c2ccccc2)CC1)C1=Cc2cnc3cccc(n23)S1. The summed E-state index contributed by atoms with van der Waals surface area (Å²) in [5, 5.41) is 4.25. The molecule has 2 aliphatic rings. The Morgan fingerprint density at radius 1 is 0.946 bits per heavy atom. The van der Waals surface area contributed by atoms with Crippen LogP contribution in [0.3, 0.4) is 0 Å². The lowest BCUT2D eigenvalue weighted by molar-refractivity contribution is -0.117. The first-order valence-corrected chi connectivity index (χ1v) is 14.0. The van der Waals surface area contributed by atoms with E-state index < -0.39 is 0 Å². The second-order valence-electron chi connectivity index (χ2n) is 10.0. The molecule has 0 spiro atoms. The molecule has 0 unspecified atom stereocenters. The largest absolute Gasteiger partial charge is 0.351 e. The van der Waals surface area contributed by atoms with Crippen LogP contribution in [0.15, 0.2) is 95.0 Å². The number of likely N-dealkylation sites (tertiary alicyclic amines) is 1. The highest BCUT2D eigenvalue weighted by atomic mass is 32.2. The molecule has 1 saturated heterocycles. The van der Waals surface area contributed by atoms with Gasteiger partial charge in [0.15, 0.2) is 0 Å². The topological polar surface area (TPSA) is 49.6 Å². The van der Waals surface area contributed by atoms with E-state index in [1.807, 2.05) is 30.5 Å². The minimum Gasteiger partial charge on any atom is -0.351 e. The van der Waals surface area contributed by atoms with Crippen LogP contribution in [0.2, 0.25) is 0 Å². The highest BCUT2D eigenvalue weighted by molar-refractivity contribution is 8.04. The summed E-state index contributed by atoms with van der Waals surface area (Å²) in [5.41, 5.74) is 4.66. The highest BCUT2D eigenvalue weighted by Crippen LogP contribution is 2.34. The Balaban J connectivity index is 0.997. The molecule has 6 heteroatoms. The van der Waals surface area contributed by atoms with Gasteiger partial charge in [-0.2, -0.15) is 0 Å². The molecule has 1 amide bonds. The molecule has 0 bridgehead atoms. The van der Waals surface area contributed by atoms with E-state index in [1.54, 1.807) is 0 Å².